The fourth-order valence-corrected chi connectivity index (χ4v) is 3.44. The van der Waals surface area contributed by atoms with E-state index in [2.05, 4.69) is 28.2 Å². The summed E-state index contributed by atoms with van der Waals surface area (Å²) in [6.45, 7) is 2.24. The minimum atomic E-state index is -0.287. The molecular formula is C18H24BrNO2. The number of nitrogens with one attached hydrogen (secondary N) is 1. The third-order valence-electron chi connectivity index (χ3n) is 4.18. The van der Waals surface area contributed by atoms with E-state index < -0.39 is 0 Å². The zero-order valence-electron chi connectivity index (χ0n) is 13.2. The molecule has 1 aromatic carbocycles. The predicted molar refractivity (Wildman–Crippen MR) is 92.5 cm³/mol. The average Bonchev–Trinajstić information content (AvgIpc) is 2.80. The Hall–Kier alpha value is -1.16. The molecule has 1 unspecified atom stereocenters. The molecule has 1 aromatic rings. The molecule has 3 nitrogen and oxygen atoms in total. The van der Waals surface area contributed by atoms with Crippen molar-refractivity contribution in [2.75, 3.05) is 0 Å². The van der Waals surface area contributed by atoms with E-state index in [1.165, 1.54) is 44.9 Å². The number of alkyl halides is 1. The molecule has 0 fully saturated rings. The molecule has 0 aliphatic carbocycles. The molecule has 0 bridgehead atoms. The molecule has 22 heavy (non-hydrogen) atoms. The second-order valence-corrected chi connectivity index (χ2v) is 7.07. The molecule has 0 spiro atoms. The summed E-state index contributed by atoms with van der Waals surface area (Å²) in [5, 5.41) is 2.33. The van der Waals surface area contributed by atoms with Crippen molar-refractivity contribution in [1.29, 1.82) is 0 Å². The van der Waals surface area contributed by atoms with E-state index in [1.54, 1.807) is 6.07 Å². The molecule has 1 atom stereocenters. The van der Waals surface area contributed by atoms with Crippen LogP contribution in [-0.4, -0.2) is 11.8 Å². The van der Waals surface area contributed by atoms with Gasteiger partial charge in [0.2, 0.25) is 0 Å². The van der Waals surface area contributed by atoms with Gasteiger partial charge in [-0.3, -0.25) is 14.9 Å². The maximum absolute atomic E-state index is 11.7. The van der Waals surface area contributed by atoms with Crippen LogP contribution in [0, 0.1) is 0 Å². The Morgan fingerprint density at radius 2 is 1.59 bits per heavy atom. The standard InChI is InChI=1S/C18H24BrNO2/c1-2-3-4-5-6-7-8-9-16(19)13-10-11-14-15(12-13)18(22)20-17(14)21/h10-12,16H,2-9H2,1H3,(H,20,21,22). The minimum Gasteiger partial charge on any atom is -0.288 e. The Balaban J connectivity index is 1.79. The number of rotatable bonds is 9. The van der Waals surface area contributed by atoms with Gasteiger partial charge in [-0.05, 0) is 24.1 Å². The minimum absolute atomic E-state index is 0.247. The summed E-state index contributed by atoms with van der Waals surface area (Å²) in [5.74, 6) is -0.567. The number of benzene rings is 1. The van der Waals surface area contributed by atoms with Gasteiger partial charge in [0, 0.05) is 4.83 Å². The van der Waals surface area contributed by atoms with Crippen molar-refractivity contribution in [3.8, 4) is 0 Å². The molecular weight excluding hydrogens is 342 g/mol. The Bertz CT molecular complexity index is 542. The van der Waals surface area contributed by atoms with E-state index in [1.807, 2.05) is 12.1 Å². The van der Waals surface area contributed by atoms with Gasteiger partial charge in [0.1, 0.15) is 0 Å². The van der Waals surface area contributed by atoms with Crippen LogP contribution in [0.25, 0.3) is 0 Å². The van der Waals surface area contributed by atoms with Crippen molar-refractivity contribution in [3.05, 3.63) is 34.9 Å². The second-order valence-electron chi connectivity index (χ2n) is 5.97. The van der Waals surface area contributed by atoms with E-state index in [0.717, 1.165) is 12.0 Å². The molecule has 0 saturated heterocycles. The summed E-state index contributed by atoms with van der Waals surface area (Å²) in [6.07, 6.45) is 10.1. The first-order valence-corrected chi connectivity index (χ1v) is 9.18. The number of carbonyl (C=O) groups excluding carboxylic acids is 2. The van der Waals surface area contributed by atoms with Gasteiger partial charge < -0.3 is 0 Å². The fourth-order valence-electron chi connectivity index (χ4n) is 2.83. The molecule has 0 aromatic heterocycles. The van der Waals surface area contributed by atoms with Crippen molar-refractivity contribution < 1.29 is 9.59 Å². The number of imide groups is 1. The molecule has 4 heteroatoms. The van der Waals surface area contributed by atoms with Crippen LogP contribution in [0.4, 0.5) is 0 Å². The summed E-state index contributed by atoms with van der Waals surface area (Å²) < 4.78 is 0. The second kappa shape index (κ2) is 8.47. The van der Waals surface area contributed by atoms with Crippen molar-refractivity contribution in [2.24, 2.45) is 0 Å². The molecule has 120 valence electrons. The fraction of sp³-hybridized carbons (Fsp3) is 0.556. The van der Waals surface area contributed by atoms with Gasteiger partial charge in [0.25, 0.3) is 11.8 Å². The Kier molecular flexibility index (Phi) is 6.62. The molecule has 2 rings (SSSR count). The summed E-state index contributed by atoms with van der Waals surface area (Å²) in [6, 6.07) is 5.54. The number of hydrogen-bond acceptors (Lipinski definition) is 2. The quantitative estimate of drug-likeness (QED) is 0.373. The van der Waals surface area contributed by atoms with Gasteiger partial charge in [0.15, 0.2) is 0 Å². The smallest absolute Gasteiger partial charge is 0.258 e. The van der Waals surface area contributed by atoms with Gasteiger partial charge in [0.05, 0.1) is 11.1 Å². The highest BCUT2D eigenvalue weighted by Crippen LogP contribution is 2.31. The van der Waals surface area contributed by atoms with E-state index in [9.17, 15) is 9.59 Å². The zero-order chi connectivity index (χ0) is 15.9. The van der Waals surface area contributed by atoms with Crippen molar-refractivity contribution >= 4 is 27.7 Å². The van der Waals surface area contributed by atoms with Crippen LogP contribution in [0.1, 0.15) is 89.4 Å². The van der Waals surface area contributed by atoms with Gasteiger partial charge >= 0.3 is 0 Å². The first kappa shape index (κ1) is 17.2. The summed E-state index contributed by atoms with van der Waals surface area (Å²) >= 11 is 3.71. The number of fused-ring (bicyclic) bond motifs is 1. The van der Waals surface area contributed by atoms with E-state index in [0.29, 0.717) is 11.1 Å². The SMILES string of the molecule is CCCCCCCCCC(Br)c1ccc2c(c1)C(=O)NC2=O. The number of halogens is 1. The van der Waals surface area contributed by atoms with E-state index in [4.69, 9.17) is 0 Å². The highest BCUT2D eigenvalue weighted by Gasteiger charge is 2.27. The summed E-state index contributed by atoms with van der Waals surface area (Å²) in [5.41, 5.74) is 2.07. The number of carbonyl (C=O) groups is 2. The number of unbranched alkanes of at least 4 members (excludes halogenated alkanes) is 6. The molecule has 1 aliphatic rings. The normalized spacial score (nSPS) is 14.8. The zero-order valence-corrected chi connectivity index (χ0v) is 14.7. The summed E-state index contributed by atoms with van der Waals surface area (Å²) in [7, 11) is 0. The lowest BCUT2D eigenvalue weighted by Crippen LogP contribution is -2.19. The monoisotopic (exact) mass is 365 g/mol. The number of hydrogen-bond donors (Lipinski definition) is 1. The van der Waals surface area contributed by atoms with Crippen LogP contribution in [-0.2, 0) is 0 Å². The molecule has 2 amide bonds. The lowest BCUT2D eigenvalue weighted by Gasteiger charge is -2.11. The highest BCUT2D eigenvalue weighted by atomic mass is 79.9. The summed E-state index contributed by atoms with van der Waals surface area (Å²) in [4.78, 5) is 23.5. The van der Waals surface area contributed by atoms with Gasteiger partial charge in [-0.1, -0.05) is 73.9 Å². The highest BCUT2D eigenvalue weighted by molar-refractivity contribution is 9.09. The third-order valence-corrected chi connectivity index (χ3v) is 5.17. The average molecular weight is 366 g/mol. The van der Waals surface area contributed by atoms with Crippen molar-refractivity contribution in [3.63, 3.8) is 0 Å². The molecule has 1 N–H and O–H groups in total. The first-order chi connectivity index (χ1) is 10.6. The van der Waals surface area contributed by atoms with Gasteiger partial charge in [-0.15, -0.1) is 0 Å². The van der Waals surface area contributed by atoms with Crippen LogP contribution in [0.15, 0.2) is 18.2 Å². The van der Waals surface area contributed by atoms with Crippen LogP contribution < -0.4 is 5.32 Å². The Morgan fingerprint density at radius 3 is 2.32 bits per heavy atom. The van der Waals surface area contributed by atoms with Crippen LogP contribution in [0.3, 0.4) is 0 Å². The van der Waals surface area contributed by atoms with Crippen LogP contribution in [0.2, 0.25) is 0 Å². The number of amides is 2. The van der Waals surface area contributed by atoms with Crippen LogP contribution in [0.5, 0.6) is 0 Å². The maximum atomic E-state index is 11.7. The van der Waals surface area contributed by atoms with Crippen LogP contribution >= 0.6 is 15.9 Å². The Morgan fingerprint density at radius 1 is 0.955 bits per heavy atom. The Labute approximate surface area is 141 Å². The van der Waals surface area contributed by atoms with E-state index >= 15 is 0 Å². The van der Waals surface area contributed by atoms with Gasteiger partial charge in [-0.2, -0.15) is 0 Å². The topological polar surface area (TPSA) is 46.2 Å². The molecule has 0 saturated carbocycles. The largest absolute Gasteiger partial charge is 0.288 e. The third kappa shape index (κ3) is 4.42. The van der Waals surface area contributed by atoms with E-state index in [-0.39, 0.29) is 16.6 Å². The van der Waals surface area contributed by atoms with Crippen molar-refractivity contribution in [2.45, 2.75) is 63.1 Å². The molecule has 1 aliphatic heterocycles. The van der Waals surface area contributed by atoms with Gasteiger partial charge in [-0.25, -0.2) is 0 Å². The molecule has 0 radical (unpaired) electrons. The first-order valence-electron chi connectivity index (χ1n) is 8.27. The maximum Gasteiger partial charge on any atom is 0.258 e. The lowest BCUT2D eigenvalue weighted by atomic mass is 10.0. The predicted octanol–water partition coefficient (Wildman–Crippen LogP) is 5.15. The van der Waals surface area contributed by atoms with Crippen molar-refractivity contribution in [1.82, 2.24) is 5.32 Å². The lowest BCUT2D eigenvalue weighted by molar-refractivity contribution is 0.0879. The molecule has 1 heterocycles.